The molecular formula is C20H23ClN2O4. The van der Waals surface area contributed by atoms with E-state index in [-0.39, 0.29) is 17.7 Å². The van der Waals surface area contributed by atoms with Crippen molar-refractivity contribution in [1.29, 1.82) is 0 Å². The van der Waals surface area contributed by atoms with Gasteiger partial charge in [0.15, 0.2) is 6.10 Å². The van der Waals surface area contributed by atoms with E-state index in [9.17, 15) is 9.59 Å². The van der Waals surface area contributed by atoms with E-state index < -0.39 is 6.10 Å². The van der Waals surface area contributed by atoms with E-state index >= 15 is 0 Å². The van der Waals surface area contributed by atoms with Crippen LogP contribution in [0, 0.1) is 5.92 Å². The Morgan fingerprint density at radius 1 is 1.26 bits per heavy atom. The van der Waals surface area contributed by atoms with E-state index in [1.807, 2.05) is 6.07 Å². The predicted octanol–water partition coefficient (Wildman–Crippen LogP) is 3.26. The number of piperidine rings is 1. The molecule has 1 aliphatic heterocycles. The lowest BCUT2D eigenvalue weighted by molar-refractivity contribution is -0.141. The summed E-state index contributed by atoms with van der Waals surface area (Å²) in [5.41, 5.74) is 0. The summed E-state index contributed by atoms with van der Waals surface area (Å²) in [6, 6.07) is 10.5. The van der Waals surface area contributed by atoms with Crippen LogP contribution in [0.5, 0.6) is 5.75 Å². The number of halogens is 1. The summed E-state index contributed by atoms with van der Waals surface area (Å²) in [4.78, 5) is 26.6. The van der Waals surface area contributed by atoms with Crippen LogP contribution >= 0.6 is 11.6 Å². The second-order valence-corrected chi connectivity index (χ2v) is 7.05. The smallest absolute Gasteiger partial charge is 0.263 e. The van der Waals surface area contributed by atoms with Crippen LogP contribution in [0.25, 0.3) is 0 Å². The number of hydrogen-bond donors (Lipinski definition) is 1. The quantitative estimate of drug-likeness (QED) is 0.821. The number of carbonyl (C=O) groups excluding carboxylic acids is 2. The fraction of sp³-hybridized carbons (Fsp3) is 0.400. The van der Waals surface area contributed by atoms with Gasteiger partial charge in [-0.1, -0.05) is 11.6 Å². The zero-order valence-corrected chi connectivity index (χ0v) is 15.9. The molecule has 27 heavy (non-hydrogen) atoms. The third-order valence-electron chi connectivity index (χ3n) is 4.67. The Hall–Kier alpha value is -2.47. The number of furan rings is 1. The number of ether oxygens (including phenoxy) is 1. The number of hydrogen-bond acceptors (Lipinski definition) is 4. The summed E-state index contributed by atoms with van der Waals surface area (Å²) in [5, 5.41) is 3.51. The molecule has 1 aromatic carbocycles. The molecule has 1 fully saturated rings. The highest BCUT2D eigenvalue weighted by Crippen LogP contribution is 2.21. The molecule has 1 unspecified atom stereocenters. The van der Waals surface area contributed by atoms with E-state index in [1.54, 1.807) is 48.4 Å². The third-order valence-corrected chi connectivity index (χ3v) is 4.92. The molecule has 0 aliphatic carbocycles. The lowest BCUT2D eigenvalue weighted by Crippen LogP contribution is -2.47. The average Bonchev–Trinajstić information content (AvgIpc) is 3.21. The largest absolute Gasteiger partial charge is 0.481 e. The van der Waals surface area contributed by atoms with E-state index in [2.05, 4.69) is 5.32 Å². The van der Waals surface area contributed by atoms with Gasteiger partial charge in [-0.3, -0.25) is 9.59 Å². The number of nitrogens with one attached hydrogen (secondary N) is 1. The first kappa shape index (κ1) is 19.3. The maximum Gasteiger partial charge on any atom is 0.263 e. The van der Waals surface area contributed by atoms with Crippen LogP contribution in [-0.2, 0) is 16.1 Å². The molecule has 144 valence electrons. The van der Waals surface area contributed by atoms with Gasteiger partial charge < -0.3 is 19.4 Å². The Morgan fingerprint density at radius 2 is 1.96 bits per heavy atom. The Kier molecular flexibility index (Phi) is 6.40. The van der Waals surface area contributed by atoms with Crippen LogP contribution in [0.1, 0.15) is 25.5 Å². The van der Waals surface area contributed by atoms with Crippen LogP contribution in [-0.4, -0.2) is 35.9 Å². The monoisotopic (exact) mass is 390 g/mol. The molecule has 7 heteroatoms. The van der Waals surface area contributed by atoms with Gasteiger partial charge in [0, 0.05) is 24.0 Å². The molecule has 3 rings (SSSR count). The van der Waals surface area contributed by atoms with Gasteiger partial charge in [-0.25, -0.2) is 0 Å². The third kappa shape index (κ3) is 5.26. The van der Waals surface area contributed by atoms with Crippen molar-refractivity contribution in [2.24, 2.45) is 5.92 Å². The van der Waals surface area contributed by atoms with Crippen molar-refractivity contribution < 1.29 is 18.7 Å². The van der Waals surface area contributed by atoms with E-state index in [1.165, 1.54) is 0 Å². The Balaban J connectivity index is 1.44. The second kappa shape index (κ2) is 8.95. The predicted molar refractivity (Wildman–Crippen MR) is 101 cm³/mol. The van der Waals surface area contributed by atoms with E-state index in [4.69, 9.17) is 20.8 Å². The molecule has 0 saturated carbocycles. The highest BCUT2D eigenvalue weighted by Gasteiger charge is 2.30. The summed E-state index contributed by atoms with van der Waals surface area (Å²) < 4.78 is 10.9. The fourth-order valence-corrected chi connectivity index (χ4v) is 3.24. The molecule has 0 radical (unpaired) electrons. The van der Waals surface area contributed by atoms with Crippen LogP contribution in [0.3, 0.4) is 0 Å². The maximum atomic E-state index is 12.6. The van der Waals surface area contributed by atoms with Crippen molar-refractivity contribution in [2.75, 3.05) is 13.1 Å². The topological polar surface area (TPSA) is 71.8 Å². The molecular weight excluding hydrogens is 368 g/mol. The Labute approximate surface area is 163 Å². The first-order valence-electron chi connectivity index (χ1n) is 9.04. The minimum absolute atomic E-state index is 0.00367. The first-order chi connectivity index (χ1) is 13.0. The van der Waals surface area contributed by atoms with Crippen molar-refractivity contribution in [3.63, 3.8) is 0 Å². The highest BCUT2D eigenvalue weighted by molar-refractivity contribution is 6.30. The van der Waals surface area contributed by atoms with Gasteiger partial charge in [-0.2, -0.15) is 0 Å². The van der Waals surface area contributed by atoms with Gasteiger partial charge in [0.1, 0.15) is 11.5 Å². The van der Waals surface area contributed by atoms with Crippen LogP contribution in [0.2, 0.25) is 5.02 Å². The summed E-state index contributed by atoms with van der Waals surface area (Å²) in [6.45, 7) is 3.22. The van der Waals surface area contributed by atoms with Gasteiger partial charge in [0.05, 0.1) is 12.8 Å². The molecule has 2 aromatic rings. The van der Waals surface area contributed by atoms with Crippen molar-refractivity contribution in [2.45, 2.75) is 32.4 Å². The molecule has 1 saturated heterocycles. The molecule has 2 heterocycles. The molecule has 0 spiro atoms. The SMILES string of the molecule is CC(Oc1ccc(Cl)cc1)C(=O)N1CCC(C(=O)NCc2ccco2)CC1. The second-order valence-electron chi connectivity index (χ2n) is 6.61. The van der Waals surface area contributed by atoms with Crippen LogP contribution in [0.4, 0.5) is 0 Å². The number of benzene rings is 1. The number of rotatable bonds is 6. The molecule has 2 amide bonds. The minimum Gasteiger partial charge on any atom is -0.481 e. The molecule has 1 aliphatic rings. The lowest BCUT2D eigenvalue weighted by Gasteiger charge is -2.33. The maximum absolute atomic E-state index is 12.6. The summed E-state index contributed by atoms with van der Waals surface area (Å²) >= 11 is 5.85. The summed E-state index contributed by atoms with van der Waals surface area (Å²) in [6.07, 6.45) is 2.28. The summed E-state index contributed by atoms with van der Waals surface area (Å²) in [7, 11) is 0. The Bertz CT molecular complexity index is 753. The van der Waals surface area contributed by atoms with Gasteiger partial charge in [-0.05, 0) is 56.2 Å². The van der Waals surface area contributed by atoms with Crippen LogP contribution in [0.15, 0.2) is 47.1 Å². The normalized spacial score (nSPS) is 16.0. The van der Waals surface area contributed by atoms with Gasteiger partial charge >= 0.3 is 0 Å². The summed E-state index contributed by atoms with van der Waals surface area (Å²) in [5.74, 6) is 1.18. The van der Waals surface area contributed by atoms with Crippen molar-refractivity contribution in [3.05, 3.63) is 53.4 Å². The highest BCUT2D eigenvalue weighted by atomic mass is 35.5. The van der Waals surface area contributed by atoms with Crippen molar-refractivity contribution in [1.82, 2.24) is 10.2 Å². The fourth-order valence-electron chi connectivity index (χ4n) is 3.12. The number of amides is 2. The lowest BCUT2D eigenvalue weighted by atomic mass is 9.95. The molecule has 1 aromatic heterocycles. The average molecular weight is 391 g/mol. The van der Waals surface area contributed by atoms with Crippen molar-refractivity contribution in [3.8, 4) is 5.75 Å². The molecule has 1 atom stereocenters. The first-order valence-corrected chi connectivity index (χ1v) is 9.42. The van der Waals surface area contributed by atoms with Crippen LogP contribution < -0.4 is 10.1 Å². The number of carbonyl (C=O) groups is 2. The Morgan fingerprint density at radius 3 is 2.59 bits per heavy atom. The van der Waals surface area contributed by atoms with Gasteiger partial charge in [0.25, 0.3) is 5.91 Å². The minimum atomic E-state index is -0.587. The molecule has 6 nitrogen and oxygen atoms in total. The van der Waals surface area contributed by atoms with Gasteiger partial charge in [-0.15, -0.1) is 0 Å². The van der Waals surface area contributed by atoms with Crippen molar-refractivity contribution >= 4 is 23.4 Å². The molecule has 1 N–H and O–H groups in total. The number of likely N-dealkylation sites (tertiary alicyclic amines) is 1. The molecule has 0 bridgehead atoms. The van der Waals surface area contributed by atoms with Gasteiger partial charge in [0.2, 0.25) is 5.91 Å². The standard InChI is InChI=1S/C20H23ClN2O4/c1-14(27-17-6-4-16(21)5-7-17)20(25)23-10-8-15(9-11-23)19(24)22-13-18-3-2-12-26-18/h2-7,12,14-15H,8-11,13H2,1H3,(H,22,24). The zero-order valence-electron chi connectivity index (χ0n) is 15.2. The number of nitrogens with zero attached hydrogens (tertiary/aromatic N) is 1. The van der Waals surface area contributed by atoms with E-state index in [0.717, 1.165) is 5.76 Å². The zero-order chi connectivity index (χ0) is 19.2. The van der Waals surface area contributed by atoms with E-state index in [0.29, 0.717) is 43.2 Å².